The first kappa shape index (κ1) is 13.9. The minimum atomic E-state index is -2.15. The lowest BCUT2D eigenvalue weighted by atomic mass is 9.87. The molecule has 1 nitrogen and oxygen atoms in total. The smallest absolute Gasteiger partial charge is 0.200 e. The maximum Gasteiger partial charge on any atom is 0.221 e. The number of aromatic nitrogens is 1. The molecule has 1 heterocycles. The first-order valence-electron chi connectivity index (χ1n) is 11.7. The highest BCUT2D eigenvalue weighted by atomic mass is 14.9. The third-order valence-corrected chi connectivity index (χ3v) is 6.74. The van der Waals surface area contributed by atoms with Crippen molar-refractivity contribution >= 4 is 32.4 Å². The Morgan fingerprint density at radius 3 is 2.38 bits per heavy atom. The lowest BCUT2D eigenvalue weighted by Gasteiger charge is -2.16. The molecule has 0 spiro atoms. The fourth-order valence-corrected chi connectivity index (χ4v) is 5.45. The molecule has 0 N–H and O–H groups in total. The quantitative estimate of drug-likeness (QED) is 0.211. The highest BCUT2D eigenvalue weighted by Crippen LogP contribution is 2.45. The van der Waals surface area contributed by atoms with Crippen LogP contribution >= 0.6 is 0 Å². The third-order valence-electron chi connectivity index (χ3n) is 6.74. The van der Waals surface area contributed by atoms with E-state index in [1.54, 1.807) is 6.20 Å². The monoisotopic (exact) mass is 377 g/mol. The number of fused-ring (bicyclic) bond motifs is 9. The molecule has 0 fully saturated rings. The molecule has 1 aromatic heterocycles. The Bertz CT molecular complexity index is 1610. The summed E-state index contributed by atoms with van der Waals surface area (Å²) in [4.78, 5) is 0. The van der Waals surface area contributed by atoms with E-state index in [4.69, 9.17) is 4.11 Å². The van der Waals surface area contributed by atoms with E-state index in [2.05, 4.69) is 55.5 Å². The first-order chi connectivity index (χ1) is 15.3. The fraction of sp³-hybridized carbons (Fsp3) is 0.179. The van der Waals surface area contributed by atoms with Gasteiger partial charge >= 0.3 is 0 Å². The highest BCUT2D eigenvalue weighted by Gasteiger charge is 2.26. The Balaban J connectivity index is 1.90. The van der Waals surface area contributed by atoms with Crippen molar-refractivity contribution in [3.05, 3.63) is 88.6 Å². The van der Waals surface area contributed by atoms with Crippen molar-refractivity contribution in [2.45, 2.75) is 27.1 Å². The Morgan fingerprint density at radius 1 is 0.828 bits per heavy atom. The van der Waals surface area contributed by atoms with E-state index in [9.17, 15) is 0 Å². The van der Waals surface area contributed by atoms with Gasteiger partial charge in [0.1, 0.15) is 7.05 Å². The molecule has 0 saturated carbocycles. The topological polar surface area (TPSA) is 3.88 Å². The van der Waals surface area contributed by atoms with Gasteiger partial charge in [-0.3, -0.25) is 0 Å². The molecule has 0 amide bonds. The van der Waals surface area contributed by atoms with Crippen molar-refractivity contribution < 1.29 is 8.68 Å². The molecule has 140 valence electrons. The summed E-state index contributed by atoms with van der Waals surface area (Å²) >= 11 is 0. The second kappa shape index (κ2) is 5.67. The SMILES string of the molecule is [2H]C([2H])([2H])c1c[n+](C)c2c(c1C)c1ccccc1c1cc3c(c(C)c12)-c1ccccc1C3. The molecule has 1 heteroatoms. The minimum absolute atomic E-state index is 0.418. The van der Waals surface area contributed by atoms with Gasteiger partial charge in [-0.1, -0.05) is 48.5 Å². The van der Waals surface area contributed by atoms with E-state index in [1.165, 1.54) is 44.0 Å². The predicted octanol–water partition coefficient (Wildman–Crippen LogP) is 6.47. The van der Waals surface area contributed by atoms with Crippen molar-refractivity contribution in [3.63, 3.8) is 0 Å². The van der Waals surface area contributed by atoms with Crippen LogP contribution in [0.1, 0.15) is 31.9 Å². The summed E-state index contributed by atoms with van der Waals surface area (Å²) < 4.78 is 26.3. The van der Waals surface area contributed by atoms with Crippen molar-refractivity contribution in [3.8, 4) is 11.1 Å². The zero-order valence-corrected chi connectivity index (χ0v) is 16.9. The largest absolute Gasteiger partial charge is 0.221 e. The third kappa shape index (κ3) is 2.08. The van der Waals surface area contributed by atoms with Crippen molar-refractivity contribution in [1.82, 2.24) is 0 Å². The molecule has 1 aliphatic carbocycles. The van der Waals surface area contributed by atoms with E-state index < -0.39 is 6.85 Å². The summed E-state index contributed by atoms with van der Waals surface area (Å²) in [5.74, 6) is 0. The van der Waals surface area contributed by atoms with Gasteiger partial charge in [-0.05, 0) is 82.7 Å². The number of pyridine rings is 1. The molecule has 0 bridgehead atoms. The summed E-state index contributed by atoms with van der Waals surface area (Å²) in [5, 5.41) is 5.80. The molecule has 0 unspecified atom stereocenters. The first-order valence-corrected chi connectivity index (χ1v) is 10.2. The van der Waals surface area contributed by atoms with Gasteiger partial charge in [0.2, 0.25) is 5.52 Å². The van der Waals surface area contributed by atoms with E-state index >= 15 is 0 Å². The van der Waals surface area contributed by atoms with Crippen LogP contribution in [0.25, 0.3) is 43.6 Å². The highest BCUT2D eigenvalue weighted by molar-refractivity contribution is 6.26. The maximum atomic E-state index is 8.10. The van der Waals surface area contributed by atoms with Crippen molar-refractivity contribution in [2.75, 3.05) is 0 Å². The Hall–Kier alpha value is -3.19. The average molecular weight is 378 g/mol. The van der Waals surface area contributed by atoms with Gasteiger partial charge in [-0.2, -0.15) is 0 Å². The molecule has 29 heavy (non-hydrogen) atoms. The maximum absolute atomic E-state index is 8.10. The van der Waals surface area contributed by atoms with Crippen LogP contribution < -0.4 is 4.57 Å². The van der Waals surface area contributed by atoms with Crippen molar-refractivity contribution in [1.29, 1.82) is 0 Å². The fourth-order valence-electron chi connectivity index (χ4n) is 5.45. The second-order valence-electron chi connectivity index (χ2n) is 8.34. The molecule has 1 aliphatic rings. The lowest BCUT2D eigenvalue weighted by molar-refractivity contribution is -0.644. The van der Waals surface area contributed by atoms with Crippen molar-refractivity contribution in [2.24, 2.45) is 7.05 Å². The molecular weight excluding hydrogens is 350 g/mol. The van der Waals surface area contributed by atoms with E-state index in [0.717, 1.165) is 28.3 Å². The van der Waals surface area contributed by atoms with E-state index in [0.29, 0.717) is 5.56 Å². The van der Waals surface area contributed by atoms with Gasteiger partial charge in [-0.15, -0.1) is 0 Å². The normalized spacial score (nSPS) is 14.7. The summed E-state index contributed by atoms with van der Waals surface area (Å²) in [6, 6.07) is 19.5. The molecule has 4 aromatic carbocycles. The van der Waals surface area contributed by atoms with Crippen LogP contribution in [0.3, 0.4) is 0 Å². The summed E-state index contributed by atoms with van der Waals surface area (Å²) in [6.07, 6.45) is 2.76. The second-order valence-corrected chi connectivity index (χ2v) is 8.34. The average Bonchev–Trinajstić information content (AvgIpc) is 3.13. The summed E-state index contributed by atoms with van der Waals surface area (Å²) in [6.45, 7) is 2.03. The van der Waals surface area contributed by atoms with Gasteiger partial charge < -0.3 is 0 Å². The lowest BCUT2D eigenvalue weighted by Crippen LogP contribution is -2.30. The van der Waals surface area contributed by atoms with Gasteiger partial charge in [0.25, 0.3) is 0 Å². The zero-order valence-electron chi connectivity index (χ0n) is 19.9. The Morgan fingerprint density at radius 2 is 1.55 bits per heavy atom. The number of hydrogen-bond acceptors (Lipinski definition) is 0. The molecule has 0 saturated heterocycles. The predicted molar refractivity (Wildman–Crippen MR) is 123 cm³/mol. The molecule has 0 radical (unpaired) electrons. The summed E-state index contributed by atoms with van der Waals surface area (Å²) in [7, 11) is 1.98. The Labute approximate surface area is 175 Å². The number of aryl methyl sites for hydroxylation is 4. The number of benzene rings is 4. The van der Waals surface area contributed by atoms with Crippen LogP contribution in [-0.4, -0.2) is 0 Å². The number of rotatable bonds is 0. The molecule has 0 atom stereocenters. The van der Waals surface area contributed by atoms with E-state index in [-0.39, 0.29) is 0 Å². The van der Waals surface area contributed by atoms with Crippen LogP contribution in [0.5, 0.6) is 0 Å². The Kier molecular flexibility index (Phi) is 2.72. The van der Waals surface area contributed by atoms with Crippen LogP contribution in [0.4, 0.5) is 0 Å². The van der Waals surface area contributed by atoms with Gasteiger partial charge in [0.05, 0.1) is 10.8 Å². The van der Waals surface area contributed by atoms with E-state index in [1.807, 2.05) is 24.6 Å². The van der Waals surface area contributed by atoms with Crippen LogP contribution in [-0.2, 0) is 13.5 Å². The molecule has 5 aromatic rings. The zero-order chi connectivity index (χ0) is 22.4. The number of hydrogen-bond donors (Lipinski definition) is 0. The van der Waals surface area contributed by atoms with Gasteiger partial charge in [0.15, 0.2) is 6.20 Å². The molecular formula is C28H24N+. The van der Waals surface area contributed by atoms with Crippen LogP contribution in [0.2, 0.25) is 0 Å². The molecule has 0 aliphatic heterocycles. The number of nitrogens with zero attached hydrogens (tertiary/aromatic N) is 1. The summed E-state index contributed by atoms with van der Waals surface area (Å²) in [5.41, 5.74) is 9.05. The van der Waals surface area contributed by atoms with Crippen LogP contribution in [0.15, 0.2) is 60.8 Å². The van der Waals surface area contributed by atoms with Gasteiger partial charge in [-0.25, -0.2) is 4.57 Å². The van der Waals surface area contributed by atoms with Crippen LogP contribution in [0, 0.1) is 20.7 Å². The minimum Gasteiger partial charge on any atom is -0.200 e. The molecule has 6 rings (SSSR count). The standard InChI is InChI=1S/C28H24N/c1-16-15-29(4)28-26(17(16)2)23-12-8-7-11-22(23)24-14-20-13-19-9-5-6-10-21(19)25(20)18(3)27(24)28/h5-12,14-15H,13H2,1-4H3/q+1/i1D3. The van der Waals surface area contributed by atoms with Gasteiger partial charge in [0, 0.05) is 9.68 Å².